The highest BCUT2D eigenvalue weighted by Crippen LogP contribution is 2.67. The highest BCUT2D eigenvalue weighted by molar-refractivity contribution is 5.08. The summed E-state index contributed by atoms with van der Waals surface area (Å²) < 4.78 is 0. The maximum absolute atomic E-state index is 2.57. The Bertz CT molecular complexity index is 265. The van der Waals surface area contributed by atoms with E-state index >= 15 is 0 Å². The Morgan fingerprint density at radius 2 is 1.65 bits per heavy atom. The quantitative estimate of drug-likeness (QED) is 0.581. The van der Waals surface area contributed by atoms with Crippen LogP contribution in [0.1, 0.15) is 67.2 Å². The van der Waals surface area contributed by atoms with E-state index in [0.717, 1.165) is 35.5 Å². The lowest BCUT2D eigenvalue weighted by molar-refractivity contribution is 0.144. The molecule has 17 heavy (non-hydrogen) atoms. The average molecular weight is 236 g/mol. The number of hydrogen-bond acceptors (Lipinski definition) is 0. The van der Waals surface area contributed by atoms with Crippen LogP contribution in [0.4, 0.5) is 0 Å². The molecule has 2 aliphatic rings. The summed E-state index contributed by atoms with van der Waals surface area (Å²) in [5.74, 6) is 5.77. The molecular weight excluding hydrogens is 204 g/mol. The van der Waals surface area contributed by atoms with Crippen LogP contribution in [-0.4, -0.2) is 0 Å². The molecule has 2 rings (SSSR count). The van der Waals surface area contributed by atoms with E-state index in [-0.39, 0.29) is 0 Å². The van der Waals surface area contributed by atoms with Crippen molar-refractivity contribution in [1.82, 2.24) is 0 Å². The van der Waals surface area contributed by atoms with E-state index in [9.17, 15) is 0 Å². The van der Waals surface area contributed by atoms with Gasteiger partial charge in [-0.05, 0) is 60.2 Å². The molecule has 0 amide bonds. The van der Waals surface area contributed by atoms with Gasteiger partial charge in [-0.1, -0.05) is 48.0 Å². The van der Waals surface area contributed by atoms with Crippen LogP contribution in [0.2, 0.25) is 0 Å². The van der Waals surface area contributed by atoms with E-state index in [4.69, 9.17) is 0 Å². The average Bonchev–Trinajstić information content (AvgIpc) is 3.19. The molecule has 2 saturated carbocycles. The molecule has 0 aromatic carbocycles. The van der Waals surface area contributed by atoms with Crippen LogP contribution < -0.4 is 0 Å². The zero-order valence-corrected chi connectivity index (χ0v) is 12.8. The maximum atomic E-state index is 2.57. The van der Waals surface area contributed by atoms with E-state index in [1.54, 1.807) is 0 Å². The standard InChI is InChI=1S/C17H32/c1-7-11(2)12(3)13(4)14(5)17(6)10-16(17)15-8-9-15/h11-16H,7-10H2,1-6H3. The fourth-order valence-electron chi connectivity index (χ4n) is 4.09. The minimum Gasteiger partial charge on any atom is -0.0651 e. The molecule has 0 aliphatic heterocycles. The Morgan fingerprint density at radius 3 is 2.12 bits per heavy atom. The van der Waals surface area contributed by atoms with E-state index < -0.39 is 0 Å². The minimum absolute atomic E-state index is 0.697. The molecule has 0 saturated heterocycles. The fourth-order valence-corrected chi connectivity index (χ4v) is 4.09. The zero-order chi connectivity index (χ0) is 12.8. The second kappa shape index (κ2) is 4.59. The monoisotopic (exact) mass is 236 g/mol. The molecule has 0 aromatic heterocycles. The normalized spacial score (nSPS) is 39.5. The molecule has 0 spiro atoms. The lowest BCUT2D eigenvalue weighted by atomic mass is 9.71. The van der Waals surface area contributed by atoms with Crippen molar-refractivity contribution in [1.29, 1.82) is 0 Å². The Morgan fingerprint density at radius 1 is 1.06 bits per heavy atom. The summed E-state index contributed by atoms with van der Waals surface area (Å²) in [5, 5.41) is 0. The Labute approximate surface area is 109 Å². The highest BCUT2D eigenvalue weighted by Gasteiger charge is 2.59. The first kappa shape index (κ1) is 13.4. The van der Waals surface area contributed by atoms with Gasteiger partial charge in [0.1, 0.15) is 0 Å². The first-order chi connectivity index (χ1) is 7.91. The predicted octanol–water partition coefficient (Wildman–Crippen LogP) is 5.38. The third-order valence-corrected chi connectivity index (χ3v) is 6.74. The van der Waals surface area contributed by atoms with Gasteiger partial charge in [0.15, 0.2) is 0 Å². The van der Waals surface area contributed by atoms with Crippen LogP contribution in [0.15, 0.2) is 0 Å². The Kier molecular flexibility index (Phi) is 3.63. The molecule has 0 bridgehead atoms. The lowest BCUT2D eigenvalue weighted by Crippen LogP contribution is -2.28. The fraction of sp³-hybridized carbons (Fsp3) is 1.00. The molecule has 0 radical (unpaired) electrons. The summed E-state index contributed by atoms with van der Waals surface area (Å²) >= 11 is 0. The predicted molar refractivity (Wildman–Crippen MR) is 75.9 cm³/mol. The van der Waals surface area contributed by atoms with Crippen LogP contribution in [-0.2, 0) is 0 Å². The summed E-state index contributed by atoms with van der Waals surface area (Å²) in [6.45, 7) is 14.9. The highest BCUT2D eigenvalue weighted by atomic mass is 14.6. The summed E-state index contributed by atoms with van der Waals surface area (Å²) in [7, 11) is 0. The summed E-state index contributed by atoms with van der Waals surface area (Å²) in [5.41, 5.74) is 0.697. The summed E-state index contributed by atoms with van der Waals surface area (Å²) in [6, 6.07) is 0. The van der Waals surface area contributed by atoms with Gasteiger partial charge >= 0.3 is 0 Å². The van der Waals surface area contributed by atoms with Crippen molar-refractivity contribution in [2.45, 2.75) is 67.2 Å². The number of hydrogen-bond donors (Lipinski definition) is 0. The smallest absolute Gasteiger partial charge is 0.0263 e. The van der Waals surface area contributed by atoms with Gasteiger partial charge < -0.3 is 0 Å². The molecular formula is C17H32. The van der Waals surface area contributed by atoms with Gasteiger partial charge in [-0.3, -0.25) is 0 Å². The van der Waals surface area contributed by atoms with E-state index in [0.29, 0.717) is 5.41 Å². The van der Waals surface area contributed by atoms with Crippen LogP contribution in [0.5, 0.6) is 0 Å². The molecule has 2 fully saturated rings. The van der Waals surface area contributed by atoms with Crippen molar-refractivity contribution in [3.05, 3.63) is 0 Å². The van der Waals surface area contributed by atoms with Gasteiger partial charge in [0.2, 0.25) is 0 Å². The van der Waals surface area contributed by atoms with Gasteiger partial charge in [-0.2, -0.15) is 0 Å². The van der Waals surface area contributed by atoms with Crippen molar-refractivity contribution in [3.8, 4) is 0 Å². The van der Waals surface area contributed by atoms with Crippen molar-refractivity contribution in [2.75, 3.05) is 0 Å². The first-order valence-electron chi connectivity index (χ1n) is 7.91. The second-order valence-corrected chi connectivity index (χ2v) is 7.55. The Balaban J connectivity index is 1.93. The van der Waals surface area contributed by atoms with Gasteiger partial charge in [-0.15, -0.1) is 0 Å². The molecule has 6 atom stereocenters. The van der Waals surface area contributed by atoms with Crippen molar-refractivity contribution in [2.24, 2.45) is 40.9 Å². The van der Waals surface area contributed by atoms with Gasteiger partial charge in [0.25, 0.3) is 0 Å². The zero-order valence-electron chi connectivity index (χ0n) is 12.8. The molecule has 0 N–H and O–H groups in total. The maximum Gasteiger partial charge on any atom is -0.0263 e. The molecule has 0 heteroatoms. The van der Waals surface area contributed by atoms with E-state index in [2.05, 4.69) is 41.5 Å². The molecule has 2 aliphatic carbocycles. The Hall–Kier alpha value is 0. The molecule has 6 unspecified atom stereocenters. The number of rotatable bonds is 6. The summed E-state index contributed by atoms with van der Waals surface area (Å²) in [6.07, 6.45) is 5.92. The van der Waals surface area contributed by atoms with E-state index in [1.165, 1.54) is 25.7 Å². The van der Waals surface area contributed by atoms with E-state index in [1.807, 2.05) is 0 Å². The lowest BCUT2D eigenvalue weighted by Gasteiger charge is -2.34. The second-order valence-electron chi connectivity index (χ2n) is 7.55. The third kappa shape index (κ3) is 2.42. The van der Waals surface area contributed by atoms with Crippen LogP contribution in [0.25, 0.3) is 0 Å². The SMILES string of the molecule is CCC(C)C(C)C(C)C(C)C1(C)CC1C1CC1. The topological polar surface area (TPSA) is 0 Å². The van der Waals surface area contributed by atoms with Gasteiger partial charge in [0, 0.05) is 0 Å². The first-order valence-corrected chi connectivity index (χ1v) is 7.91. The molecule has 100 valence electrons. The largest absolute Gasteiger partial charge is 0.0651 e. The van der Waals surface area contributed by atoms with Crippen LogP contribution in [0, 0.1) is 40.9 Å². The van der Waals surface area contributed by atoms with Crippen LogP contribution >= 0.6 is 0 Å². The van der Waals surface area contributed by atoms with Crippen molar-refractivity contribution in [3.63, 3.8) is 0 Å². The molecule has 0 heterocycles. The van der Waals surface area contributed by atoms with Crippen molar-refractivity contribution >= 4 is 0 Å². The van der Waals surface area contributed by atoms with Gasteiger partial charge in [0.05, 0.1) is 0 Å². The summed E-state index contributed by atoms with van der Waals surface area (Å²) in [4.78, 5) is 0. The van der Waals surface area contributed by atoms with Crippen LogP contribution in [0.3, 0.4) is 0 Å². The van der Waals surface area contributed by atoms with Crippen molar-refractivity contribution < 1.29 is 0 Å². The third-order valence-electron chi connectivity index (χ3n) is 6.74. The molecule has 0 nitrogen and oxygen atoms in total. The van der Waals surface area contributed by atoms with Gasteiger partial charge in [-0.25, -0.2) is 0 Å². The minimum atomic E-state index is 0.697. The molecule has 0 aromatic rings.